The van der Waals surface area contributed by atoms with E-state index in [4.69, 9.17) is 14.2 Å². The number of carbonyl (C=O) groups excluding carboxylic acids is 3. The number of hydrogen-bond donors (Lipinski definition) is 0. The molecule has 0 aliphatic carbocycles. The van der Waals surface area contributed by atoms with E-state index >= 15 is 0 Å². The van der Waals surface area contributed by atoms with Gasteiger partial charge in [-0.25, -0.2) is 0 Å². The van der Waals surface area contributed by atoms with Crippen molar-refractivity contribution in [1.82, 2.24) is 0 Å². The lowest BCUT2D eigenvalue weighted by molar-refractivity contribution is -0.167. The maximum atomic E-state index is 12.9. The first kappa shape index (κ1) is 71.4. The average Bonchev–Trinajstić information content (AvgIpc) is 3.38. The van der Waals surface area contributed by atoms with Crippen molar-refractivity contribution in [3.63, 3.8) is 0 Å². The molecule has 0 aliphatic rings. The SMILES string of the molecule is CCCCCCCCCCCCCCCCCCC(=O)O[C@@H](COC(=O)CCCCCCCCCCCCCCCCCCCCC(C)CC)COC(=O)CCCCCCCCCCCCCCCCC(C)C. The molecule has 73 heavy (non-hydrogen) atoms. The van der Waals surface area contributed by atoms with Crippen LogP contribution in [0.5, 0.6) is 0 Å². The normalized spacial score (nSPS) is 12.4. The fraction of sp³-hybridized carbons (Fsp3) is 0.955. The summed E-state index contributed by atoms with van der Waals surface area (Å²) in [5.74, 6) is 0.927. The molecule has 0 saturated carbocycles. The van der Waals surface area contributed by atoms with Gasteiger partial charge in [-0.05, 0) is 31.1 Å². The maximum Gasteiger partial charge on any atom is 0.306 e. The molecule has 0 aromatic carbocycles. The van der Waals surface area contributed by atoms with Gasteiger partial charge in [0.15, 0.2) is 6.10 Å². The van der Waals surface area contributed by atoms with Gasteiger partial charge in [-0.1, -0.05) is 343 Å². The Hall–Kier alpha value is -1.59. The summed E-state index contributed by atoms with van der Waals surface area (Å²) in [7, 11) is 0. The Morgan fingerprint density at radius 2 is 0.521 bits per heavy atom. The van der Waals surface area contributed by atoms with Crippen molar-refractivity contribution in [3.05, 3.63) is 0 Å². The van der Waals surface area contributed by atoms with Crippen LogP contribution >= 0.6 is 0 Å². The summed E-state index contributed by atoms with van der Waals surface area (Å²) >= 11 is 0. The number of carbonyl (C=O) groups is 3. The molecule has 0 aromatic rings. The van der Waals surface area contributed by atoms with E-state index in [1.54, 1.807) is 0 Å². The summed E-state index contributed by atoms with van der Waals surface area (Å²) in [5.41, 5.74) is 0. The van der Waals surface area contributed by atoms with Gasteiger partial charge in [0, 0.05) is 19.3 Å². The lowest BCUT2D eigenvalue weighted by atomic mass is 9.99. The van der Waals surface area contributed by atoms with Crippen LogP contribution in [-0.2, 0) is 28.6 Å². The highest BCUT2D eigenvalue weighted by atomic mass is 16.6. The molecule has 0 saturated heterocycles. The van der Waals surface area contributed by atoms with Gasteiger partial charge >= 0.3 is 17.9 Å². The minimum Gasteiger partial charge on any atom is -0.462 e. The maximum absolute atomic E-state index is 12.9. The van der Waals surface area contributed by atoms with Crippen LogP contribution in [0.4, 0.5) is 0 Å². The molecular weight excluding hydrogens is 901 g/mol. The highest BCUT2D eigenvalue weighted by Gasteiger charge is 2.19. The third kappa shape index (κ3) is 59.5. The van der Waals surface area contributed by atoms with Crippen LogP contribution in [0.25, 0.3) is 0 Å². The fourth-order valence-electron chi connectivity index (χ4n) is 10.4. The van der Waals surface area contributed by atoms with Crippen LogP contribution in [0, 0.1) is 11.8 Å². The van der Waals surface area contributed by atoms with E-state index < -0.39 is 6.10 Å². The van der Waals surface area contributed by atoms with E-state index in [-0.39, 0.29) is 31.1 Å². The molecule has 0 N–H and O–H groups in total. The lowest BCUT2D eigenvalue weighted by Gasteiger charge is -2.18. The monoisotopic (exact) mass is 1030 g/mol. The molecule has 434 valence electrons. The Bertz CT molecular complexity index is 1120. The first-order valence-corrected chi connectivity index (χ1v) is 33.3. The van der Waals surface area contributed by atoms with Crippen LogP contribution in [0.1, 0.15) is 381 Å². The predicted octanol–water partition coefficient (Wildman–Crippen LogP) is 22.4. The Morgan fingerprint density at radius 1 is 0.288 bits per heavy atom. The zero-order valence-corrected chi connectivity index (χ0v) is 50.3. The van der Waals surface area contributed by atoms with Crippen molar-refractivity contribution in [2.75, 3.05) is 13.2 Å². The van der Waals surface area contributed by atoms with Gasteiger partial charge in [-0.15, -0.1) is 0 Å². The summed E-state index contributed by atoms with van der Waals surface area (Å²) in [4.78, 5) is 38.4. The minimum atomic E-state index is -0.764. The van der Waals surface area contributed by atoms with Gasteiger partial charge in [-0.2, -0.15) is 0 Å². The molecule has 2 atom stereocenters. The minimum absolute atomic E-state index is 0.0615. The van der Waals surface area contributed by atoms with Gasteiger partial charge in [0.05, 0.1) is 0 Å². The molecule has 1 unspecified atom stereocenters. The van der Waals surface area contributed by atoms with E-state index in [9.17, 15) is 14.4 Å². The fourth-order valence-corrected chi connectivity index (χ4v) is 10.4. The van der Waals surface area contributed by atoms with E-state index in [0.717, 1.165) is 69.6 Å². The third-order valence-corrected chi connectivity index (χ3v) is 15.8. The average molecular weight is 1030 g/mol. The summed E-state index contributed by atoms with van der Waals surface area (Å²) in [6, 6.07) is 0. The molecule has 0 aliphatic heterocycles. The molecule has 0 radical (unpaired) electrons. The van der Waals surface area contributed by atoms with Crippen molar-refractivity contribution in [2.24, 2.45) is 11.8 Å². The summed E-state index contributed by atoms with van der Waals surface area (Å²) in [5, 5.41) is 0. The first-order valence-electron chi connectivity index (χ1n) is 33.3. The quantitative estimate of drug-likeness (QED) is 0.0343. The van der Waals surface area contributed by atoms with Crippen molar-refractivity contribution >= 4 is 17.9 Å². The van der Waals surface area contributed by atoms with Crippen molar-refractivity contribution in [1.29, 1.82) is 0 Å². The van der Waals surface area contributed by atoms with Gasteiger partial charge in [0.25, 0.3) is 0 Å². The topological polar surface area (TPSA) is 78.9 Å². The van der Waals surface area contributed by atoms with E-state index in [0.29, 0.717) is 19.3 Å². The van der Waals surface area contributed by atoms with E-state index in [1.165, 1.54) is 270 Å². The molecule has 0 spiro atoms. The summed E-state index contributed by atoms with van der Waals surface area (Å²) in [6.45, 7) is 11.5. The molecule has 0 bridgehead atoms. The highest BCUT2D eigenvalue weighted by Crippen LogP contribution is 2.20. The smallest absolute Gasteiger partial charge is 0.306 e. The predicted molar refractivity (Wildman–Crippen MR) is 316 cm³/mol. The second-order valence-corrected chi connectivity index (χ2v) is 23.8. The Labute approximate surface area is 457 Å². The van der Waals surface area contributed by atoms with E-state index in [1.807, 2.05) is 0 Å². The number of rotatable bonds is 61. The summed E-state index contributed by atoms with van der Waals surface area (Å²) in [6.07, 6.45) is 66.7. The van der Waals surface area contributed by atoms with Crippen LogP contribution in [-0.4, -0.2) is 37.2 Å². The second-order valence-electron chi connectivity index (χ2n) is 23.8. The number of unbranched alkanes of at least 4 members (excludes halogenated alkanes) is 45. The van der Waals surface area contributed by atoms with Crippen LogP contribution in [0.3, 0.4) is 0 Å². The van der Waals surface area contributed by atoms with Crippen LogP contribution in [0.2, 0.25) is 0 Å². The zero-order chi connectivity index (χ0) is 53.2. The summed E-state index contributed by atoms with van der Waals surface area (Å²) < 4.78 is 17.0. The Kier molecular flexibility index (Phi) is 58.4. The number of hydrogen-bond acceptors (Lipinski definition) is 6. The largest absolute Gasteiger partial charge is 0.462 e. The van der Waals surface area contributed by atoms with Crippen molar-refractivity contribution in [3.8, 4) is 0 Å². The lowest BCUT2D eigenvalue weighted by Crippen LogP contribution is -2.30. The molecule has 0 heterocycles. The molecule has 0 fully saturated rings. The molecule has 6 nitrogen and oxygen atoms in total. The molecular formula is C67H130O6. The van der Waals surface area contributed by atoms with Gasteiger partial charge in [0.1, 0.15) is 13.2 Å². The van der Waals surface area contributed by atoms with Crippen LogP contribution in [0.15, 0.2) is 0 Å². The molecule has 0 rings (SSSR count). The van der Waals surface area contributed by atoms with Crippen molar-refractivity contribution in [2.45, 2.75) is 387 Å². The van der Waals surface area contributed by atoms with Crippen molar-refractivity contribution < 1.29 is 28.6 Å². The number of esters is 3. The molecule has 0 amide bonds. The first-order chi connectivity index (χ1) is 35.8. The van der Waals surface area contributed by atoms with Gasteiger partial charge < -0.3 is 14.2 Å². The second kappa shape index (κ2) is 59.7. The zero-order valence-electron chi connectivity index (χ0n) is 50.3. The standard InChI is InChI=1S/C67H130O6/c1-6-8-9-10-11-12-13-14-15-21-29-34-39-44-49-54-59-67(70)73-64(61-72-66(69)58-53-48-43-38-33-28-24-23-25-30-35-40-45-50-55-62(3)4)60-71-65(68)57-52-47-42-37-32-27-22-19-17-16-18-20-26-31-36-41-46-51-56-63(5)7-2/h62-64H,6-61H2,1-5H3/t63?,64-/m0/s1. The van der Waals surface area contributed by atoms with E-state index in [2.05, 4.69) is 34.6 Å². The molecule has 0 aromatic heterocycles. The van der Waals surface area contributed by atoms with Gasteiger partial charge in [0.2, 0.25) is 0 Å². The Morgan fingerprint density at radius 3 is 0.781 bits per heavy atom. The number of ether oxygens (including phenoxy) is 3. The van der Waals surface area contributed by atoms with Gasteiger partial charge in [-0.3, -0.25) is 14.4 Å². The van der Waals surface area contributed by atoms with Crippen LogP contribution < -0.4 is 0 Å². The third-order valence-electron chi connectivity index (χ3n) is 15.8. The Balaban J connectivity index is 4.26. The molecule has 6 heteroatoms. The highest BCUT2D eigenvalue weighted by molar-refractivity contribution is 5.71.